The van der Waals surface area contributed by atoms with Gasteiger partial charge in [-0.1, -0.05) is 83.7 Å². The van der Waals surface area contributed by atoms with E-state index < -0.39 is 0 Å². The molecule has 0 radical (unpaired) electrons. The molecule has 2 aromatic carbocycles. The van der Waals surface area contributed by atoms with Crippen LogP contribution < -0.4 is 0 Å². The summed E-state index contributed by atoms with van der Waals surface area (Å²) in [6, 6.07) is 18.9. The van der Waals surface area contributed by atoms with Crippen molar-refractivity contribution >= 4 is 33.6 Å². The molecule has 0 bridgehead atoms. The number of rotatable bonds is 2. The average molecular weight is 310 g/mol. The Labute approximate surface area is 132 Å². The molecule has 0 saturated heterocycles. The van der Waals surface area contributed by atoms with Gasteiger partial charge in [0.1, 0.15) is 14.7 Å². The van der Waals surface area contributed by atoms with E-state index in [1.807, 2.05) is 29.6 Å². The Hall–Kier alpha value is -1.52. The van der Waals surface area contributed by atoms with Crippen LogP contribution in [0.25, 0.3) is 0 Å². The van der Waals surface area contributed by atoms with Gasteiger partial charge in [0.15, 0.2) is 6.17 Å². The van der Waals surface area contributed by atoms with Gasteiger partial charge in [0.05, 0.1) is 0 Å². The minimum Gasteiger partial charge on any atom is -0.249 e. The third-order valence-corrected chi connectivity index (χ3v) is 6.17. The van der Waals surface area contributed by atoms with Crippen LogP contribution in [0.15, 0.2) is 64.6 Å². The predicted molar refractivity (Wildman–Crippen MR) is 93.5 cm³/mol. The fourth-order valence-electron chi connectivity index (χ4n) is 2.38. The summed E-state index contributed by atoms with van der Waals surface area (Å²) in [4.78, 5) is 9.58. The van der Waals surface area contributed by atoms with Crippen molar-refractivity contribution in [2.24, 2.45) is 9.98 Å². The van der Waals surface area contributed by atoms with Crippen molar-refractivity contribution in [3.05, 3.63) is 71.3 Å². The monoisotopic (exact) mass is 310 g/mol. The van der Waals surface area contributed by atoms with Gasteiger partial charge < -0.3 is 0 Å². The van der Waals surface area contributed by atoms with Gasteiger partial charge in [-0.2, -0.15) is 0 Å². The molecule has 2 atom stereocenters. The van der Waals surface area contributed by atoms with Crippen molar-refractivity contribution in [3.8, 4) is 0 Å². The number of hydrogen-bond acceptors (Lipinski definition) is 4. The first kappa shape index (κ1) is 13.2. The van der Waals surface area contributed by atoms with Crippen molar-refractivity contribution in [1.82, 2.24) is 0 Å². The lowest BCUT2D eigenvalue weighted by Crippen LogP contribution is -2.03. The minimum atomic E-state index is 0.0616. The molecular formula is C17H14N2S2. The quantitative estimate of drug-likeness (QED) is 0.824. The maximum absolute atomic E-state index is 4.80. The molecule has 104 valence electrons. The summed E-state index contributed by atoms with van der Waals surface area (Å²) < 4.78 is 0.386. The lowest BCUT2D eigenvalue weighted by molar-refractivity contribution is 0.809. The fourth-order valence-corrected chi connectivity index (χ4v) is 4.93. The highest BCUT2D eigenvalue weighted by molar-refractivity contribution is 8.31. The summed E-state index contributed by atoms with van der Waals surface area (Å²) in [5.41, 5.74) is 3.68. The normalized spacial score (nSPS) is 23.7. The summed E-state index contributed by atoms with van der Waals surface area (Å²) >= 11 is 3.67. The molecule has 2 aliphatic rings. The second-order valence-electron chi connectivity index (χ2n) is 5.12. The molecule has 2 aromatic rings. The summed E-state index contributed by atoms with van der Waals surface area (Å²) in [5.74, 6) is 0. The lowest BCUT2D eigenvalue weighted by Gasteiger charge is -2.05. The Morgan fingerprint density at radius 1 is 0.762 bits per heavy atom. The standard InChI is InChI=1S/C17H14N2S2/c1-11-7-9-13(10-8-11)16-19-14-17(21-16)20-15(18-14)12-5-3-2-4-6-12/h2-10,14,17H,1H3/t14-,17-/m0/s1. The number of benzene rings is 2. The second kappa shape index (κ2) is 5.35. The zero-order valence-electron chi connectivity index (χ0n) is 11.6. The first-order chi connectivity index (χ1) is 10.3. The van der Waals surface area contributed by atoms with Gasteiger partial charge in [-0.05, 0) is 6.92 Å². The first-order valence-corrected chi connectivity index (χ1v) is 8.67. The number of hydrogen-bond donors (Lipinski definition) is 0. The zero-order valence-corrected chi connectivity index (χ0v) is 13.2. The van der Waals surface area contributed by atoms with Crippen LogP contribution in [-0.2, 0) is 0 Å². The van der Waals surface area contributed by atoms with Crippen LogP contribution in [0, 0.1) is 6.92 Å². The van der Waals surface area contributed by atoms with Crippen molar-refractivity contribution in [2.75, 3.05) is 0 Å². The molecule has 2 aliphatic heterocycles. The van der Waals surface area contributed by atoms with E-state index in [0.29, 0.717) is 4.58 Å². The molecule has 0 fully saturated rings. The van der Waals surface area contributed by atoms with E-state index in [1.165, 1.54) is 16.7 Å². The van der Waals surface area contributed by atoms with E-state index in [2.05, 4.69) is 55.5 Å². The summed E-state index contributed by atoms with van der Waals surface area (Å²) in [5, 5.41) is 2.23. The number of thioether (sulfide) groups is 2. The highest BCUT2D eigenvalue weighted by atomic mass is 32.2. The smallest absolute Gasteiger partial charge is 0.163 e. The summed E-state index contributed by atoms with van der Waals surface area (Å²) in [7, 11) is 0. The Balaban J connectivity index is 1.59. The van der Waals surface area contributed by atoms with Gasteiger partial charge in [-0.15, -0.1) is 0 Å². The van der Waals surface area contributed by atoms with Gasteiger partial charge in [0.2, 0.25) is 0 Å². The first-order valence-electron chi connectivity index (χ1n) is 6.91. The topological polar surface area (TPSA) is 24.7 Å². The molecule has 2 nitrogen and oxygen atoms in total. The molecule has 2 heterocycles. The Morgan fingerprint density at radius 3 is 1.90 bits per heavy atom. The van der Waals surface area contributed by atoms with Crippen LogP contribution in [0.1, 0.15) is 16.7 Å². The number of aryl methyl sites for hydroxylation is 1. The van der Waals surface area contributed by atoms with Crippen LogP contribution in [-0.4, -0.2) is 20.8 Å². The molecule has 0 amide bonds. The predicted octanol–water partition coefficient (Wildman–Crippen LogP) is 4.33. The highest BCUT2D eigenvalue weighted by Crippen LogP contribution is 2.44. The fraction of sp³-hybridized carbons (Fsp3) is 0.176. The largest absolute Gasteiger partial charge is 0.249 e. The Bertz CT molecular complexity index is 720. The third-order valence-electron chi connectivity index (χ3n) is 3.52. The molecule has 0 aliphatic carbocycles. The molecule has 0 N–H and O–H groups in total. The second-order valence-corrected chi connectivity index (χ2v) is 7.68. The maximum Gasteiger partial charge on any atom is 0.163 e. The highest BCUT2D eigenvalue weighted by Gasteiger charge is 2.37. The van der Waals surface area contributed by atoms with Crippen molar-refractivity contribution in [2.45, 2.75) is 17.7 Å². The Morgan fingerprint density at radius 2 is 1.33 bits per heavy atom. The zero-order chi connectivity index (χ0) is 14.2. The molecule has 4 heteroatoms. The molecule has 4 rings (SSSR count). The Kier molecular flexibility index (Phi) is 3.36. The average Bonchev–Trinajstić information content (AvgIpc) is 3.07. The van der Waals surface area contributed by atoms with Crippen molar-refractivity contribution in [1.29, 1.82) is 0 Å². The molecular weight excluding hydrogens is 296 g/mol. The van der Waals surface area contributed by atoms with Crippen LogP contribution in [0.5, 0.6) is 0 Å². The van der Waals surface area contributed by atoms with Crippen molar-refractivity contribution < 1.29 is 0 Å². The number of nitrogens with zero attached hydrogens (tertiary/aromatic N) is 2. The van der Waals surface area contributed by atoms with Gasteiger partial charge in [0.25, 0.3) is 0 Å². The maximum atomic E-state index is 4.80. The van der Waals surface area contributed by atoms with E-state index >= 15 is 0 Å². The molecule has 0 saturated carbocycles. The third kappa shape index (κ3) is 2.54. The molecule has 21 heavy (non-hydrogen) atoms. The van der Waals surface area contributed by atoms with Crippen LogP contribution >= 0.6 is 23.5 Å². The van der Waals surface area contributed by atoms with E-state index in [4.69, 9.17) is 9.98 Å². The van der Waals surface area contributed by atoms with Crippen LogP contribution in [0.3, 0.4) is 0 Å². The van der Waals surface area contributed by atoms with Crippen LogP contribution in [0.4, 0.5) is 0 Å². The number of aliphatic imine (C=N–C) groups is 2. The molecule has 0 aromatic heterocycles. The van der Waals surface area contributed by atoms with E-state index in [9.17, 15) is 0 Å². The summed E-state index contributed by atoms with van der Waals surface area (Å²) in [6.07, 6.45) is 0.0616. The van der Waals surface area contributed by atoms with E-state index in [-0.39, 0.29) is 6.17 Å². The molecule has 0 spiro atoms. The summed E-state index contributed by atoms with van der Waals surface area (Å²) in [6.45, 7) is 2.11. The SMILES string of the molecule is Cc1ccc(C2=N[C@@H]3N=C(c4ccccc4)S[C@H]3S2)cc1. The minimum absolute atomic E-state index is 0.0616. The molecule has 0 unspecified atom stereocenters. The van der Waals surface area contributed by atoms with Crippen molar-refractivity contribution in [3.63, 3.8) is 0 Å². The van der Waals surface area contributed by atoms with Gasteiger partial charge in [-0.3, -0.25) is 0 Å². The van der Waals surface area contributed by atoms with E-state index in [1.54, 1.807) is 0 Å². The van der Waals surface area contributed by atoms with Gasteiger partial charge in [0, 0.05) is 11.1 Å². The lowest BCUT2D eigenvalue weighted by atomic mass is 10.2. The van der Waals surface area contributed by atoms with Gasteiger partial charge in [-0.25, -0.2) is 9.98 Å². The van der Waals surface area contributed by atoms with Gasteiger partial charge >= 0.3 is 0 Å². The van der Waals surface area contributed by atoms with E-state index in [0.717, 1.165) is 10.1 Å². The number of fused-ring (bicyclic) bond motifs is 1. The van der Waals surface area contributed by atoms with Crippen LogP contribution in [0.2, 0.25) is 0 Å².